The highest BCUT2D eigenvalue weighted by atomic mass is 16.5. The van der Waals surface area contributed by atoms with E-state index < -0.39 is 0 Å². The highest BCUT2D eigenvalue weighted by Gasteiger charge is 2.23. The van der Waals surface area contributed by atoms with E-state index in [9.17, 15) is 0 Å². The van der Waals surface area contributed by atoms with Crippen molar-refractivity contribution < 1.29 is 4.52 Å². The van der Waals surface area contributed by atoms with Gasteiger partial charge in [-0.2, -0.15) is 0 Å². The minimum atomic E-state index is 0.613. The lowest BCUT2D eigenvalue weighted by molar-refractivity contribution is 0.192. The summed E-state index contributed by atoms with van der Waals surface area (Å²) >= 11 is 0. The second kappa shape index (κ2) is 3.14. The number of aryl methyl sites for hydroxylation is 1. The van der Waals surface area contributed by atoms with Gasteiger partial charge in [0.05, 0.1) is 5.69 Å². The fourth-order valence-corrected chi connectivity index (χ4v) is 1.80. The Morgan fingerprint density at radius 2 is 2.23 bits per heavy atom. The first-order valence-corrected chi connectivity index (χ1v) is 4.86. The maximum absolute atomic E-state index is 5.24. The van der Waals surface area contributed by atoms with Crippen LogP contribution < -0.4 is 0 Å². The van der Waals surface area contributed by atoms with Crippen LogP contribution in [0.2, 0.25) is 0 Å². The Bertz CT molecular complexity index is 304. The van der Waals surface area contributed by atoms with Gasteiger partial charge in [0.1, 0.15) is 5.76 Å². The molecule has 13 heavy (non-hydrogen) atoms. The maximum Gasteiger partial charge on any atom is 0.142 e. The van der Waals surface area contributed by atoms with Crippen molar-refractivity contribution in [1.29, 1.82) is 0 Å². The van der Waals surface area contributed by atoms with Crippen molar-refractivity contribution in [1.82, 2.24) is 10.1 Å². The number of hydrogen-bond donors (Lipinski definition) is 0. The fraction of sp³-hybridized carbons (Fsp3) is 0.700. The molecule has 0 fully saturated rings. The largest absolute Gasteiger partial charge is 0.361 e. The molecule has 1 aliphatic rings. The number of rotatable bonds is 1. The highest BCUT2D eigenvalue weighted by molar-refractivity contribution is 5.24. The first-order chi connectivity index (χ1) is 6.18. The molecule has 0 aliphatic carbocycles. The predicted molar refractivity (Wildman–Crippen MR) is 50.5 cm³/mol. The molecule has 2 rings (SSSR count). The van der Waals surface area contributed by atoms with Crippen LogP contribution in [0.1, 0.15) is 30.9 Å². The average molecular weight is 180 g/mol. The Hall–Kier alpha value is -0.830. The Morgan fingerprint density at radius 3 is 2.92 bits per heavy atom. The van der Waals surface area contributed by atoms with E-state index in [0.717, 1.165) is 31.0 Å². The van der Waals surface area contributed by atoms with Crippen molar-refractivity contribution in [3.05, 3.63) is 17.0 Å². The maximum atomic E-state index is 5.24. The summed E-state index contributed by atoms with van der Waals surface area (Å²) in [6.07, 6.45) is 1.01. The van der Waals surface area contributed by atoms with Crippen molar-refractivity contribution in [3.63, 3.8) is 0 Å². The number of fused-ring (bicyclic) bond motifs is 1. The molecule has 2 heterocycles. The zero-order valence-electron chi connectivity index (χ0n) is 8.50. The van der Waals surface area contributed by atoms with E-state index in [1.54, 1.807) is 0 Å². The summed E-state index contributed by atoms with van der Waals surface area (Å²) in [5.41, 5.74) is 2.36. The fourth-order valence-electron chi connectivity index (χ4n) is 1.80. The number of hydrogen-bond acceptors (Lipinski definition) is 3. The smallest absolute Gasteiger partial charge is 0.142 e. The topological polar surface area (TPSA) is 29.3 Å². The second-order valence-corrected chi connectivity index (χ2v) is 3.98. The van der Waals surface area contributed by atoms with Crippen LogP contribution in [0.5, 0.6) is 0 Å². The predicted octanol–water partition coefficient (Wildman–Crippen LogP) is 1.75. The first-order valence-electron chi connectivity index (χ1n) is 4.86. The molecule has 0 saturated heterocycles. The zero-order valence-corrected chi connectivity index (χ0v) is 8.50. The molecule has 1 aliphatic heterocycles. The minimum absolute atomic E-state index is 0.613. The Kier molecular flexibility index (Phi) is 2.12. The molecule has 1 aromatic rings. The van der Waals surface area contributed by atoms with Crippen molar-refractivity contribution in [3.8, 4) is 0 Å². The van der Waals surface area contributed by atoms with Gasteiger partial charge in [-0.3, -0.25) is 4.90 Å². The van der Waals surface area contributed by atoms with E-state index in [4.69, 9.17) is 4.52 Å². The summed E-state index contributed by atoms with van der Waals surface area (Å²) in [7, 11) is 0. The molecule has 0 bridgehead atoms. The molecule has 0 atom stereocenters. The lowest BCUT2D eigenvalue weighted by Crippen LogP contribution is -2.35. The summed E-state index contributed by atoms with van der Waals surface area (Å²) in [4.78, 5) is 2.45. The SMILES string of the molecule is Cc1noc2c1CN(C(C)C)CC2. The summed E-state index contributed by atoms with van der Waals surface area (Å²) in [6, 6.07) is 0.613. The standard InChI is InChI=1S/C10H16N2O/c1-7(2)12-5-4-10-9(6-12)8(3)11-13-10/h7H,4-6H2,1-3H3. The van der Waals surface area contributed by atoms with Crippen LogP contribution in [0.25, 0.3) is 0 Å². The molecular formula is C10H16N2O. The Balaban J connectivity index is 2.22. The van der Waals surface area contributed by atoms with E-state index in [1.807, 2.05) is 6.92 Å². The molecule has 1 aromatic heterocycles. The van der Waals surface area contributed by atoms with Crippen LogP contribution in [-0.4, -0.2) is 22.6 Å². The van der Waals surface area contributed by atoms with Crippen LogP contribution in [0.15, 0.2) is 4.52 Å². The van der Waals surface area contributed by atoms with Crippen LogP contribution >= 0.6 is 0 Å². The van der Waals surface area contributed by atoms with Gasteiger partial charge in [-0.1, -0.05) is 5.16 Å². The lowest BCUT2D eigenvalue weighted by Gasteiger charge is -2.29. The van der Waals surface area contributed by atoms with Crippen molar-refractivity contribution in [2.45, 2.75) is 39.8 Å². The van der Waals surface area contributed by atoms with Gasteiger partial charge in [0.15, 0.2) is 0 Å². The molecule has 72 valence electrons. The number of aromatic nitrogens is 1. The molecule has 0 amide bonds. The summed E-state index contributed by atoms with van der Waals surface area (Å²) in [5.74, 6) is 1.09. The van der Waals surface area contributed by atoms with E-state index in [1.165, 1.54) is 5.56 Å². The van der Waals surface area contributed by atoms with Gasteiger partial charge < -0.3 is 4.52 Å². The van der Waals surface area contributed by atoms with E-state index in [0.29, 0.717) is 6.04 Å². The van der Waals surface area contributed by atoms with Crippen molar-refractivity contribution in [2.75, 3.05) is 6.54 Å². The summed E-state index contributed by atoms with van der Waals surface area (Å²) in [6.45, 7) is 8.58. The van der Waals surface area contributed by atoms with E-state index in [-0.39, 0.29) is 0 Å². The third kappa shape index (κ3) is 1.48. The second-order valence-electron chi connectivity index (χ2n) is 3.98. The van der Waals surface area contributed by atoms with Crippen LogP contribution in [0.4, 0.5) is 0 Å². The van der Waals surface area contributed by atoms with Gasteiger partial charge in [0.25, 0.3) is 0 Å². The Labute approximate surface area is 78.7 Å². The summed E-state index contributed by atoms with van der Waals surface area (Å²) in [5, 5.41) is 3.99. The van der Waals surface area contributed by atoms with Gasteiger partial charge in [-0.25, -0.2) is 0 Å². The van der Waals surface area contributed by atoms with Crippen LogP contribution in [0.3, 0.4) is 0 Å². The van der Waals surface area contributed by atoms with Gasteiger partial charge in [-0.05, 0) is 20.8 Å². The molecule has 3 heteroatoms. The third-order valence-corrected chi connectivity index (χ3v) is 2.78. The van der Waals surface area contributed by atoms with Gasteiger partial charge in [-0.15, -0.1) is 0 Å². The normalized spacial score (nSPS) is 17.8. The van der Waals surface area contributed by atoms with Gasteiger partial charge in [0, 0.05) is 31.1 Å². The molecule has 3 nitrogen and oxygen atoms in total. The molecule has 0 aromatic carbocycles. The molecule has 0 N–H and O–H groups in total. The highest BCUT2D eigenvalue weighted by Crippen LogP contribution is 2.22. The number of nitrogens with zero attached hydrogens (tertiary/aromatic N) is 2. The van der Waals surface area contributed by atoms with Crippen molar-refractivity contribution in [2.24, 2.45) is 0 Å². The molecular weight excluding hydrogens is 164 g/mol. The van der Waals surface area contributed by atoms with Gasteiger partial charge in [0.2, 0.25) is 0 Å². The Morgan fingerprint density at radius 1 is 1.46 bits per heavy atom. The van der Waals surface area contributed by atoms with Gasteiger partial charge >= 0.3 is 0 Å². The monoisotopic (exact) mass is 180 g/mol. The quantitative estimate of drug-likeness (QED) is 0.659. The third-order valence-electron chi connectivity index (χ3n) is 2.78. The molecule has 0 spiro atoms. The average Bonchev–Trinajstić information content (AvgIpc) is 2.47. The lowest BCUT2D eigenvalue weighted by atomic mass is 10.1. The van der Waals surface area contributed by atoms with Crippen LogP contribution in [0, 0.1) is 6.92 Å². The molecule has 0 saturated carbocycles. The minimum Gasteiger partial charge on any atom is -0.361 e. The van der Waals surface area contributed by atoms with Crippen molar-refractivity contribution >= 4 is 0 Å². The summed E-state index contributed by atoms with van der Waals surface area (Å²) < 4.78 is 5.24. The first kappa shape index (κ1) is 8.75. The van der Waals surface area contributed by atoms with Crippen LogP contribution in [-0.2, 0) is 13.0 Å². The van der Waals surface area contributed by atoms with E-state index >= 15 is 0 Å². The van der Waals surface area contributed by atoms with E-state index in [2.05, 4.69) is 23.9 Å². The molecule has 0 unspecified atom stereocenters. The molecule has 0 radical (unpaired) electrons. The zero-order chi connectivity index (χ0) is 9.42.